The van der Waals surface area contributed by atoms with E-state index in [4.69, 9.17) is 9.90 Å². The molecule has 1 heterocycles. The quantitative estimate of drug-likeness (QED) is 0.562. The predicted octanol–water partition coefficient (Wildman–Crippen LogP) is 0.659. The van der Waals surface area contributed by atoms with Gasteiger partial charge >= 0.3 is 0 Å². The number of nitrogens with zero attached hydrogens (tertiary/aromatic N) is 2. The van der Waals surface area contributed by atoms with Gasteiger partial charge in [-0.3, -0.25) is 9.89 Å². The van der Waals surface area contributed by atoms with E-state index in [1.54, 1.807) is 0 Å². The van der Waals surface area contributed by atoms with Gasteiger partial charge in [0.1, 0.15) is 5.52 Å². The molecule has 0 aliphatic heterocycles. The van der Waals surface area contributed by atoms with E-state index < -0.39 is 0 Å². The molecule has 0 radical (unpaired) electrons. The van der Waals surface area contributed by atoms with Crippen LogP contribution >= 0.6 is 0 Å². The monoisotopic (exact) mass is 165 g/mol. The molecule has 1 aromatic heterocycles. The fourth-order valence-corrected chi connectivity index (χ4v) is 0.788. The number of carbonyl (C=O) groups is 1. The highest BCUT2D eigenvalue weighted by molar-refractivity contribution is 5.72. The van der Waals surface area contributed by atoms with E-state index in [0.29, 0.717) is 0 Å². The molecule has 2 rings (SSSR count). The van der Waals surface area contributed by atoms with E-state index in [-0.39, 0.29) is 6.47 Å². The van der Waals surface area contributed by atoms with Gasteiger partial charge in [0.15, 0.2) is 0 Å². The average molecular weight is 165 g/mol. The summed E-state index contributed by atoms with van der Waals surface area (Å²) in [6.45, 7) is -0.250. The maximum Gasteiger partial charge on any atom is 0.290 e. The second kappa shape index (κ2) is 4.07. The third-order valence-electron chi connectivity index (χ3n) is 1.23. The van der Waals surface area contributed by atoms with E-state index in [0.717, 1.165) is 11.0 Å². The molecule has 2 aromatic rings. The number of hydrogen-bond donors (Lipinski definition) is 2. The van der Waals surface area contributed by atoms with Crippen molar-refractivity contribution in [3.05, 3.63) is 24.3 Å². The molecule has 5 nitrogen and oxygen atoms in total. The van der Waals surface area contributed by atoms with Crippen LogP contribution in [0.15, 0.2) is 24.3 Å². The lowest BCUT2D eigenvalue weighted by Crippen LogP contribution is -1.63. The Hall–Kier alpha value is -1.91. The van der Waals surface area contributed by atoms with Crippen LogP contribution < -0.4 is 0 Å². The largest absolute Gasteiger partial charge is 0.483 e. The number of nitrogens with one attached hydrogen (secondary N) is 1. The normalized spacial score (nSPS) is 8.67. The first-order valence-electron chi connectivity index (χ1n) is 3.22. The van der Waals surface area contributed by atoms with Crippen molar-refractivity contribution >= 4 is 17.5 Å². The first kappa shape index (κ1) is 8.19. The summed E-state index contributed by atoms with van der Waals surface area (Å²) >= 11 is 0. The van der Waals surface area contributed by atoms with Gasteiger partial charge in [-0.05, 0) is 12.1 Å². The van der Waals surface area contributed by atoms with Crippen LogP contribution in [0.1, 0.15) is 0 Å². The zero-order valence-corrected chi connectivity index (χ0v) is 6.14. The van der Waals surface area contributed by atoms with E-state index in [2.05, 4.69) is 15.4 Å². The van der Waals surface area contributed by atoms with Crippen LogP contribution in [-0.4, -0.2) is 27.0 Å². The first-order valence-corrected chi connectivity index (χ1v) is 3.22. The summed E-state index contributed by atoms with van der Waals surface area (Å²) < 4.78 is 0. The highest BCUT2D eigenvalue weighted by atomic mass is 16.3. The molecule has 12 heavy (non-hydrogen) atoms. The van der Waals surface area contributed by atoms with Crippen molar-refractivity contribution in [2.45, 2.75) is 0 Å². The number of aromatic nitrogens is 3. The van der Waals surface area contributed by atoms with Crippen molar-refractivity contribution in [3.63, 3.8) is 0 Å². The standard InChI is InChI=1S/C6H5N3.CH2O2/c1-2-4-6-5(3-1)7-9-8-6;2-1-3/h1-4H,(H,7,8,9);1H,(H,2,3). The highest BCUT2D eigenvalue weighted by Gasteiger charge is 1.90. The molecular weight excluding hydrogens is 158 g/mol. The molecule has 0 saturated heterocycles. The number of hydrogen-bond acceptors (Lipinski definition) is 3. The lowest BCUT2D eigenvalue weighted by atomic mass is 10.3. The summed E-state index contributed by atoms with van der Waals surface area (Å²) in [4.78, 5) is 8.36. The molecule has 1 aromatic carbocycles. The zero-order valence-electron chi connectivity index (χ0n) is 6.14. The van der Waals surface area contributed by atoms with Gasteiger partial charge in [-0.25, -0.2) is 0 Å². The third kappa shape index (κ3) is 1.79. The van der Waals surface area contributed by atoms with Crippen LogP contribution in [0.25, 0.3) is 11.0 Å². The molecule has 0 bridgehead atoms. The maximum absolute atomic E-state index is 8.36. The molecule has 5 heteroatoms. The summed E-state index contributed by atoms with van der Waals surface area (Å²) in [7, 11) is 0. The van der Waals surface area contributed by atoms with E-state index in [1.165, 1.54) is 0 Å². The van der Waals surface area contributed by atoms with Crippen LogP contribution in [0, 0.1) is 0 Å². The molecule has 0 spiro atoms. The molecule has 0 atom stereocenters. The van der Waals surface area contributed by atoms with Gasteiger partial charge < -0.3 is 5.11 Å². The predicted molar refractivity (Wildman–Crippen MR) is 42.6 cm³/mol. The highest BCUT2D eigenvalue weighted by Crippen LogP contribution is 2.03. The lowest BCUT2D eigenvalue weighted by molar-refractivity contribution is -0.122. The van der Waals surface area contributed by atoms with E-state index in [9.17, 15) is 0 Å². The van der Waals surface area contributed by atoms with E-state index in [1.807, 2.05) is 24.3 Å². The van der Waals surface area contributed by atoms with Gasteiger partial charge in [0, 0.05) is 0 Å². The zero-order chi connectivity index (χ0) is 8.81. The first-order chi connectivity index (χ1) is 5.88. The summed E-state index contributed by atoms with van der Waals surface area (Å²) in [5.74, 6) is 0. The van der Waals surface area contributed by atoms with Crippen molar-refractivity contribution in [1.82, 2.24) is 15.4 Å². The summed E-state index contributed by atoms with van der Waals surface area (Å²) in [6, 6.07) is 7.74. The number of para-hydroxylation sites is 1. The number of H-pyrrole nitrogens is 1. The van der Waals surface area contributed by atoms with Crippen molar-refractivity contribution in [2.75, 3.05) is 0 Å². The summed E-state index contributed by atoms with van der Waals surface area (Å²) in [5.41, 5.74) is 1.90. The Bertz CT molecular complexity index is 328. The van der Waals surface area contributed by atoms with Crippen molar-refractivity contribution in [2.24, 2.45) is 0 Å². The minimum Gasteiger partial charge on any atom is -0.483 e. The molecule has 0 unspecified atom stereocenters. The van der Waals surface area contributed by atoms with Gasteiger partial charge in [0.05, 0.1) is 5.52 Å². The molecule has 0 saturated carbocycles. The molecule has 0 aliphatic carbocycles. The van der Waals surface area contributed by atoms with Crippen molar-refractivity contribution < 1.29 is 9.90 Å². The number of fused-ring (bicyclic) bond motifs is 1. The second-order valence-electron chi connectivity index (χ2n) is 1.93. The van der Waals surface area contributed by atoms with Gasteiger partial charge in [-0.15, -0.1) is 5.10 Å². The molecule has 2 N–H and O–H groups in total. The molecular formula is C7H7N3O2. The van der Waals surface area contributed by atoms with Gasteiger partial charge in [-0.2, -0.15) is 0 Å². The third-order valence-corrected chi connectivity index (χ3v) is 1.23. The maximum atomic E-state index is 8.36. The Morgan fingerprint density at radius 3 is 2.75 bits per heavy atom. The van der Waals surface area contributed by atoms with Gasteiger partial charge in [0.25, 0.3) is 6.47 Å². The fourth-order valence-electron chi connectivity index (χ4n) is 0.788. The Morgan fingerprint density at radius 1 is 1.42 bits per heavy atom. The van der Waals surface area contributed by atoms with E-state index >= 15 is 0 Å². The smallest absolute Gasteiger partial charge is 0.290 e. The van der Waals surface area contributed by atoms with Crippen LogP contribution in [0.5, 0.6) is 0 Å². The number of rotatable bonds is 0. The summed E-state index contributed by atoms with van der Waals surface area (Å²) in [5, 5.41) is 17.1. The molecule has 0 aliphatic rings. The molecule has 0 amide bonds. The number of benzene rings is 1. The van der Waals surface area contributed by atoms with Crippen LogP contribution in [-0.2, 0) is 4.79 Å². The number of carboxylic acid groups (broad SMARTS) is 1. The van der Waals surface area contributed by atoms with Gasteiger partial charge in [-0.1, -0.05) is 17.3 Å². The van der Waals surface area contributed by atoms with Crippen LogP contribution in [0.2, 0.25) is 0 Å². The van der Waals surface area contributed by atoms with Gasteiger partial charge in [0.2, 0.25) is 0 Å². The topological polar surface area (TPSA) is 78.9 Å². The van der Waals surface area contributed by atoms with Crippen LogP contribution in [0.4, 0.5) is 0 Å². The number of aromatic amines is 1. The minimum atomic E-state index is -0.250. The second-order valence-corrected chi connectivity index (χ2v) is 1.93. The van der Waals surface area contributed by atoms with Crippen molar-refractivity contribution in [3.8, 4) is 0 Å². The van der Waals surface area contributed by atoms with Crippen LogP contribution in [0.3, 0.4) is 0 Å². The molecule has 0 fully saturated rings. The SMILES string of the molecule is O=CO.c1ccc2[nH]nnc2c1. The Balaban J connectivity index is 0.000000213. The fraction of sp³-hybridized carbons (Fsp3) is 0. The Morgan fingerprint density at radius 2 is 2.08 bits per heavy atom. The average Bonchev–Trinajstić information content (AvgIpc) is 2.52. The lowest BCUT2D eigenvalue weighted by Gasteiger charge is -1.79. The Labute approximate surface area is 68.0 Å². The minimum absolute atomic E-state index is 0.250. The van der Waals surface area contributed by atoms with Crippen molar-refractivity contribution in [1.29, 1.82) is 0 Å². The Kier molecular flexibility index (Phi) is 2.78. The molecule has 62 valence electrons. The summed E-state index contributed by atoms with van der Waals surface area (Å²) in [6.07, 6.45) is 0.